The number of rotatable bonds is 3. The fraction of sp³-hybridized carbons (Fsp3) is 0.897. The van der Waals surface area contributed by atoms with E-state index in [9.17, 15) is 25.2 Å². The van der Waals surface area contributed by atoms with Crippen LogP contribution in [0.4, 0.5) is 0 Å². The van der Waals surface area contributed by atoms with Gasteiger partial charge in [0.25, 0.3) is 0 Å². The minimum absolute atomic E-state index is 0.0149. The number of ether oxygens (including phenoxy) is 3. The fourth-order valence-electron chi connectivity index (χ4n) is 9.80. The van der Waals surface area contributed by atoms with Crippen molar-refractivity contribution in [2.45, 2.75) is 121 Å². The zero-order valence-corrected chi connectivity index (χ0v) is 22.3. The number of esters is 1. The molecule has 37 heavy (non-hydrogen) atoms. The SMILES string of the molecule is CC1OC(O[C@H]2CCC3(C)C(CCC4[C@@H]3CC(O)C3(C)[C@@H](C5=CC(=O)OC5)CCC43O)C2)CC(O)C1O. The quantitative estimate of drug-likeness (QED) is 0.330. The molecule has 2 heterocycles. The largest absolute Gasteiger partial charge is 0.458 e. The molecule has 4 aliphatic carbocycles. The average molecular weight is 521 g/mol. The van der Waals surface area contributed by atoms with Crippen molar-refractivity contribution in [1.82, 2.24) is 0 Å². The second-order valence-electron chi connectivity index (χ2n) is 13.5. The van der Waals surface area contributed by atoms with Crippen LogP contribution in [0.25, 0.3) is 0 Å². The van der Waals surface area contributed by atoms with Gasteiger partial charge >= 0.3 is 5.97 Å². The van der Waals surface area contributed by atoms with Crippen LogP contribution in [0.5, 0.6) is 0 Å². The summed E-state index contributed by atoms with van der Waals surface area (Å²) in [5.74, 6) is 0.439. The van der Waals surface area contributed by atoms with Crippen molar-refractivity contribution >= 4 is 5.97 Å². The lowest BCUT2D eigenvalue weighted by atomic mass is 9.42. The molecule has 0 aromatic carbocycles. The van der Waals surface area contributed by atoms with E-state index >= 15 is 0 Å². The summed E-state index contributed by atoms with van der Waals surface area (Å²) in [6.07, 6.45) is 5.37. The van der Waals surface area contributed by atoms with Gasteiger partial charge in [0.15, 0.2) is 6.29 Å². The van der Waals surface area contributed by atoms with Crippen molar-refractivity contribution in [1.29, 1.82) is 0 Å². The summed E-state index contributed by atoms with van der Waals surface area (Å²) in [5, 5.41) is 44.2. The van der Waals surface area contributed by atoms with Crippen LogP contribution in [0, 0.1) is 34.5 Å². The summed E-state index contributed by atoms with van der Waals surface area (Å²) in [6, 6.07) is 0. The van der Waals surface area contributed by atoms with Crippen LogP contribution >= 0.6 is 0 Å². The van der Waals surface area contributed by atoms with Crippen molar-refractivity contribution in [2.24, 2.45) is 34.5 Å². The molecule has 1 saturated heterocycles. The number of hydrogen-bond donors (Lipinski definition) is 4. The van der Waals surface area contributed by atoms with Crippen molar-refractivity contribution in [3.8, 4) is 0 Å². The van der Waals surface area contributed by atoms with E-state index < -0.39 is 41.7 Å². The average Bonchev–Trinajstić information content (AvgIpc) is 3.39. The van der Waals surface area contributed by atoms with Crippen LogP contribution in [0.15, 0.2) is 11.6 Å². The summed E-state index contributed by atoms with van der Waals surface area (Å²) in [5.41, 5.74) is -0.703. The van der Waals surface area contributed by atoms with E-state index in [0.29, 0.717) is 18.8 Å². The summed E-state index contributed by atoms with van der Waals surface area (Å²) in [7, 11) is 0. The zero-order valence-electron chi connectivity index (χ0n) is 22.3. The molecule has 10 unspecified atom stereocenters. The van der Waals surface area contributed by atoms with Crippen molar-refractivity contribution in [3.63, 3.8) is 0 Å². The highest BCUT2D eigenvalue weighted by Gasteiger charge is 2.70. The topological polar surface area (TPSA) is 126 Å². The molecule has 8 nitrogen and oxygen atoms in total. The summed E-state index contributed by atoms with van der Waals surface area (Å²) in [6.45, 7) is 6.44. The fourth-order valence-corrected chi connectivity index (χ4v) is 9.80. The van der Waals surface area contributed by atoms with E-state index in [1.165, 1.54) is 0 Å². The maximum atomic E-state index is 12.4. The van der Waals surface area contributed by atoms with E-state index in [-0.39, 0.29) is 48.3 Å². The standard InChI is InChI=1S/C29H44O8/c1-15-26(33)22(30)13-25(36-15)37-18-6-8-27(2)17(11-18)4-5-20-21(27)12-23(31)28(3)19(7-9-29(20,28)34)16-10-24(32)35-14-16/h10,15,17-23,25-26,30-31,33-34H,4-9,11-14H2,1-3H3/t15?,17?,18-,19+,20?,21-,22?,23?,25?,26?,27?,28?,29?/m0/s1. The maximum Gasteiger partial charge on any atom is 0.331 e. The third-order valence-corrected chi connectivity index (χ3v) is 12.0. The van der Waals surface area contributed by atoms with Gasteiger partial charge in [-0.3, -0.25) is 0 Å². The molecule has 208 valence electrons. The van der Waals surface area contributed by atoms with Gasteiger partial charge in [0.2, 0.25) is 0 Å². The predicted molar refractivity (Wildman–Crippen MR) is 133 cm³/mol. The first-order chi connectivity index (χ1) is 17.5. The summed E-state index contributed by atoms with van der Waals surface area (Å²) < 4.78 is 17.4. The highest BCUT2D eigenvalue weighted by atomic mass is 16.7. The van der Waals surface area contributed by atoms with Gasteiger partial charge in [-0.05, 0) is 93.0 Å². The second kappa shape index (κ2) is 9.00. The Kier molecular flexibility index (Phi) is 6.37. The third kappa shape index (κ3) is 3.80. The Balaban J connectivity index is 1.18. The van der Waals surface area contributed by atoms with Crippen LogP contribution < -0.4 is 0 Å². The zero-order chi connectivity index (χ0) is 26.3. The van der Waals surface area contributed by atoms with Gasteiger partial charge in [-0.25, -0.2) is 4.79 Å². The molecule has 4 N–H and O–H groups in total. The Morgan fingerprint density at radius 2 is 1.78 bits per heavy atom. The monoisotopic (exact) mass is 520 g/mol. The molecule has 4 saturated carbocycles. The van der Waals surface area contributed by atoms with E-state index in [2.05, 4.69) is 6.92 Å². The minimum atomic E-state index is -0.961. The molecule has 13 atom stereocenters. The molecule has 0 bridgehead atoms. The minimum Gasteiger partial charge on any atom is -0.458 e. The number of carbonyl (C=O) groups excluding carboxylic acids is 1. The second-order valence-corrected chi connectivity index (χ2v) is 13.5. The Bertz CT molecular complexity index is 940. The molecule has 0 radical (unpaired) electrons. The molecule has 0 aromatic heterocycles. The molecule has 8 heteroatoms. The third-order valence-electron chi connectivity index (χ3n) is 12.0. The number of cyclic esters (lactones) is 1. The number of fused-ring (bicyclic) bond motifs is 5. The normalized spacial score (nSPS) is 55.6. The lowest BCUT2D eigenvalue weighted by Gasteiger charge is -2.65. The molecular formula is C29H44O8. The van der Waals surface area contributed by atoms with E-state index in [0.717, 1.165) is 44.1 Å². The molecule has 6 aliphatic rings. The first kappa shape index (κ1) is 26.2. The lowest BCUT2D eigenvalue weighted by molar-refractivity contribution is -0.274. The molecule has 0 aromatic rings. The number of aliphatic hydroxyl groups excluding tert-OH is 3. The summed E-state index contributed by atoms with van der Waals surface area (Å²) in [4.78, 5) is 11.8. The van der Waals surface area contributed by atoms with Gasteiger partial charge in [0, 0.05) is 17.9 Å². The van der Waals surface area contributed by atoms with Crippen LogP contribution in [0.1, 0.15) is 78.6 Å². The maximum absolute atomic E-state index is 12.4. The lowest BCUT2D eigenvalue weighted by Crippen LogP contribution is -2.67. The van der Waals surface area contributed by atoms with Crippen molar-refractivity contribution in [2.75, 3.05) is 6.61 Å². The Labute approximate surface area is 219 Å². The number of carbonyl (C=O) groups is 1. The molecule has 2 aliphatic heterocycles. The van der Waals surface area contributed by atoms with Crippen LogP contribution in [0.2, 0.25) is 0 Å². The van der Waals surface area contributed by atoms with Crippen molar-refractivity contribution in [3.05, 3.63) is 11.6 Å². The first-order valence-corrected chi connectivity index (χ1v) is 14.4. The Morgan fingerprint density at radius 3 is 2.49 bits per heavy atom. The van der Waals surface area contributed by atoms with Gasteiger partial charge in [0.1, 0.15) is 12.7 Å². The molecule has 5 fully saturated rings. The van der Waals surface area contributed by atoms with E-state index in [4.69, 9.17) is 14.2 Å². The smallest absolute Gasteiger partial charge is 0.331 e. The summed E-state index contributed by atoms with van der Waals surface area (Å²) >= 11 is 0. The van der Waals surface area contributed by atoms with Crippen molar-refractivity contribution < 1.29 is 39.4 Å². The number of aliphatic hydroxyl groups is 4. The van der Waals surface area contributed by atoms with E-state index in [1.54, 1.807) is 13.0 Å². The number of hydrogen-bond acceptors (Lipinski definition) is 8. The van der Waals surface area contributed by atoms with Crippen LogP contribution in [0.3, 0.4) is 0 Å². The highest BCUT2D eigenvalue weighted by Crippen LogP contribution is 2.70. The Morgan fingerprint density at radius 1 is 1.00 bits per heavy atom. The molecular weight excluding hydrogens is 476 g/mol. The highest BCUT2D eigenvalue weighted by molar-refractivity contribution is 5.85. The van der Waals surface area contributed by atoms with E-state index in [1.807, 2.05) is 6.92 Å². The van der Waals surface area contributed by atoms with Crippen LogP contribution in [-0.4, -0.2) is 75.4 Å². The van der Waals surface area contributed by atoms with Gasteiger partial charge in [-0.2, -0.15) is 0 Å². The predicted octanol–water partition coefficient (Wildman–Crippen LogP) is 2.46. The van der Waals surface area contributed by atoms with Crippen LogP contribution in [-0.2, 0) is 19.0 Å². The molecule has 6 rings (SSSR count). The molecule has 0 spiro atoms. The first-order valence-electron chi connectivity index (χ1n) is 14.4. The van der Waals surface area contributed by atoms with Gasteiger partial charge in [-0.1, -0.05) is 13.8 Å². The molecule has 0 amide bonds. The Hall–Kier alpha value is -1.03. The van der Waals surface area contributed by atoms with Gasteiger partial charge < -0.3 is 34.6 Å². The van der Waals surface area contributed by atoms with Gasteiger partial charge in [-0.15, -0.1) is 0 Å². The van der Waals surface area contributed by atoms with Gasteiger partial charge in [0.05, 0.1) is 30.0 Å².